The number of esters is 1. The van der Waals surface area contributed by atoms with E-state index in [4.69, 9.17) is 28.8 Å². The molecule has 2 fully saturated rings. The molecular weight excluding hydrogens is 481 g/mol. The second-order valence-corrected chi connectivity index (χ2v) is 10.0. The Labute approximate surface area is 201 Å². The number of aliphatic hydroxyl groups excluding tert-OH is 1. The first-order chi connectivity index (χ1) is 16.8. The van der Waals surface area contributed by atoms with Crippen LogP contribution in [0.5, 0.6) is 0 Å². The summed E-state index contributed by atoms with van der Waals surface area (Å²) in [6.07, 6.45) is 0.472. The summed E-state index contributed by atoms with van der Waals surface area (Å²) in [5.74, 6) is -0.552. The van der Waals surface area contributed by atoms with Gasteiger partial charge in [-0.25, -0.2) is 18.6 Å². The number of hydrogen-bond acceptors (Lipinski definition) is 12. The van der Waals surface area contributed by atoms with Gasteiger partial charge >= 0.3 is 13.8 Å². The number of rotatable bonds is 9. The molecule has 0 saturated carbocycles. The second kappa shape index (κ2) is 10.2. The number of phosphoric acid groups is 1. The number of ether oxygens (including phenoxy) is 2. The van der Waals surface area contributed by atoms with E-state index in [0.29, 0.717) is 18.4 Å². The van der Waals surface area contributed by atoms with Crippen molar-refractivity contribution in [1.82, 2.24) is 14.6 Å². The van der Waals surface area contributed by atoms with Crippen molar-refractivity contribution in [3.05, 3.63) is 24.2 Å². The molecule has 0 radical (unpaired) electrons. The minimum absolute atomic E-state index is 0.177. The van der Waals surface area contributed by atoms with Crippen LogP contribution in [0.2, 0.25) is 0 Å². The van der Waals surface area contributed by atoms with Gasteiger partial charge in [0.2, 0.25) is 12.4 Å². The van der Waals surface area contributed by atoms with Crippen LogP contribution in [0, 0.1) is 17.2 Å². The standard InChI is InChI=1S/C21H28N5O8P/c1-3-5-13(6-4-2)20(28)30-12-32-35(29)31-9-15-17(34-35)18(27)21(10-22,33-15)16-8-7-14-19(23)24-11-25-26(14)16/h7-8,11,13,15,17-18,27H,3-6,9,12H2,1-2H3,(H2,23,24,25)/t15-,17-,18-,21+,35+/m1/s1. The fourth-order valence-corrected chi connectivity index (χ4v) is 5.67. The minimum Gasteiger partial charge on any atom is -0.438 e. The van der Waals surface area contributed by atoms with E-state index in [1.165, 1.54) is 16.9 Å². The van der Waals surface area contributed by atoms with Crippen molar-refractivity contribution in [2.45, 2.75) is 63.4 Å². The van der Waals surface area contributed by atoms with Crippen molar-refractivity contribution < 1.29 is 37.5 Å². The molecule has 5 atom stereocenters. The second-order valence-electron chi connectivity index (χ2n) is 8.41. The maximum absolute atomic E-state index is 13.0. The topological polar surface area (TPSA) is 181 Å². The molecule has 2 aliphatic heterocycles. The number of anilines is 1. The van der Waals surface area contributed by atoms with Gasteiger partial charge in [0, 0.05) is 0 Å². The number of nitrogens with zero attached hydrogens (tertiary/aromatic N) is 4. The average Bonchev–Trinajstić information content (AvgIpc) is 3.39. The largest absolute Gasteiger partial charge is 0.478 e. The van der Waals surface area contributed by atoms with Crippen molar-refractivity contribution in [3.63, 3.8) is 0 Å². The molecule has 0 aromatic carbocycles. The minimum atomic E-state index is -4.22. The molecule has 2 aromatic heterocycles. The van der Waals surface area contributed by atoms with Crippen LogP contribution < -0.4 is 5.73 Å². The number of carbonyl (C=O) groups is 1. The van der Waals surface area contributed by atoms with E-state index in [2.05, 4.69) is 10.1 Å². The highest BCUT2D eigenvalue weighted by atomic mass is 31.2. The highest BCUT2D eigenvalue weighted by Crippen LogP contribution is 2.58. The molecule has 190 valence electrons. The first-order valence-corrected chi connectivity index (χ1v) is 12.8. The Balaban J connectivity index is 1.46. The molecule has 4 heterocycles. The SMILES string of the molecule is CCCC(CCC)C(=O)OCO[P@]1(=O)OC[C@H]2O[C@@](C#N)(c3ccc4c(N)ncnn34)[C@H](O)[C@@H]2O1. The molecule has 0 amide bonds. The fourth-order valence-electron chi connectivity index (χ4n) is 4.42. The predicted octanol–water partition coefficient (Wildman–Crippen LogP) is 2.05. The normalized spacial score (nSPS) is 30.3. The lowest BCUT2D eigenvalue weighted by atomic mass is 9.92. The Morgan fingerprint density at radius 3 is 2.86 bits per heavy atom. The van der Waals surface area contributed by atoms with E-state index in [1.807, 2.05) is 19.9 Å². The first kappa shape index (κ1) is 25.5. The van der Waals surface area contributed by atoms with Gasteiger partial charge in [-0.15, -0.1) is 0 Å². The van der Waals surface area contributed by atoms with Gasteiger partial charge in [-0.05, 0) is 25.0 Å². The molecule has 14 heteroatoms. The van der Waals surface area contributed by atoms with Crippen LogP contribution in [0.3, 0.4) is 0 Å². The molecule has 0 bridgehead atoms. The number of phosphoric ester groups is 1. The van der Waals surface area contributed by atoms with E-state index in [-0.39, 0.29) is 24.0 Å². The summed E-state index contributed by atoms with van der Waals surface area (Å²) < 4.78 is 41.2. The Morgan fingerprint density at radius 2 is 2.17 bits per heavy atom. The molecule has 13 nitrogen and oxygen atoms in total. The lowest BCUT2D eigenvalue weighted by molar-refractivity contribution is -0.158. The number of aromatic nitrogens is 3. The van der Waals surface area contributed by atoms with Gasteiger partial charge in [0.15, 0.2) is 5.82 Å². The third-order valence-corrected chi connectivity index (χ3v) is 7.52. The van der Waals surface area contributed by atoms with Crippen LogP contribution >= 0.6 is 7.82 Å². The van der Waals surface area contributed by atoms with Gasteiger partial charge in [-0.1, -0.05) is 26.7 Å². The van der Waals surface area contributed by atoms with Crippen molar-refractivity contribution >= 4 is 25.1 Å². The average molecular weight is 509 g/mol. The number of nitriles is 1. The lowest BCUT2D eigenvalue weighted by Gasteiger charge is -2.30. The molecule has 3 N–H and O–H groups in total. The quantitative estimate of drug-likeness (QED) is 0.286. The van der Waals surface area contributed by atoms with E-state index in [1.54, 1.807) is 6.07 Å². The van der Waals surface area contributed by atoms with Crippen LogP contribution in [0.1, 0.15) is 45.2 Å². The highest BCUT2D eigenvalue weighted by Gasteiger charge is 2.62. The summed E-state index contributed by atoms with van der Waals surface area (Å²) in [6.45, 7) is 3.02. The smallest absolute Gasteiger partial charge is 0.438 e. The molecule has 2 aromatic rings. The molecule has 4 rings (SSSR count). The van der Waals surface area contributed by atoms with Gasteiger partial charge in [0.05, 0.1) is 18.2 Å². The Hall–Kier alpha value is -2.59. The monoisotopic (exact) mass is 509 g/mol. The third kappa shape index (κ3) is 4.65. The van der Waals surface area contributed by atoms with E-state index in [9.17, 15) is 19.7 Å². The van der Waals surface area contributed by atoms with Crippen molar-refractivity contribution in [2.75, 3.05) is 19.1 Å². The van der Waals surface area contributed by atoms with Crippen molar-refractivity contribution in [2.24, 2.45) is 5.92 Å². The van der Waals surface area contributed by atoms with Crippen LogP contribution in [0.25, 0.3) is 5.52 Å². The summed E-state index contributed by atoms with van der Waals surface area (Å²) in [4.78, 5) is 16.2. The van der Waals surface area contributed by atoms with Crippen LogP contribution in [0.4, 0.5) is 5.82 Å². The first-order valence-electron chi connectivity index (χ1n) is 11.4. The molecule has 0 aliphatic carbocycles. The summed E-state index contributed by atoms with van der Waals surface area (Å²) >= 11 is 0. The molecular formula is C21H28N5O8P. The number of aliphatic hydroxyl groups is 1. The van der Waals surface area contributed by atoms with Gasteiger partial charge < -0.3 is 20.3 Å². The third-order valence-electron chi connectivity index (χ3n) is 6.13. The van der Waals surface area contributed by atoms with Gasteiger partial charge in [0.1, 0.15) is 36.2 Å². The molecule has 2 aliphatic rings. The summed E-state index contributed by atoms with van der Waals surface area (Å²) in [5.41, 5.74) is 4.56. The summed E-state index contributed by atoms with van der Waals surface area (Å²) in [6, 6.07) is 5.11. The summed E-state index contributed by atoms with van der Waals surface area (Å²) in [7, 11) is -4.22. The molecule has 0 unspecified atom stereocenters. The zero-order valence-corrected chi connectivity index (χ0v) is 20.3. The number of nitrogen functional groups attached to an aromatic ring is 1. The van der Waals surface area contributed by atoms with E-state index < -0.39 is 44.5 Å². The maximum atomic E-state index is 13.0. The fraction of sp³-hybridized carbons (Fsp3) is 0.619. The van der Waals surface area contributed by atoms with Gasteiger partial charge in [0.25, 0.3) is 0 Å². The number of hydrogen-bond donors (Lipinski definition) is 2. The van der Waals surface area contributed by atoms with E-state index >= 15 is 0 Å². The highest BCUT2D eigenvalue weighted by molar-refractivity contribution is 7.48. The Morgan fingerprint density at radius 1 is 1.43 bits per heavy atom. The molecule has 0 spiro atoms. The summed E-state index contributed by atoms with van der Waals surface area (Å²) in [5, 5.41) is 25.2. The van der Waals surface area contributed by atoms with Gasteiger partial charge in [-0.2, -0.15) is 10.4 Å². The maximum Gasteiger partial charge on any atom is 0.478 e. The zero-order valence-electron chi connectivity index (χ0n) is 19.4. The van der Waals surface area contributed by atoms with Crippen LogP contribution in [0.15, 0.2) is 18.5 Å². The van der Waals surface area contributed by atoms with Gasteiger partial charge in [-0.3, -0.25) is 13.8 Å². The number of nitrogens with two attached hydrogens (primary N) is 1. The Bertz CT molecular complexity index is 1160. The van der Waals surface area contributed by atoms with Crippen molar-refractivity contribution in [3.8, 4) is 6.07 Å². The Kier molecular flexibility index (Phi) is 7.42. The number of fused-ring (bicyclic) bond motifs is 2. The molecule has 2 saturated heterocycles. The van der Waals surface area contributed by atoms with Crippen LogP contribution in [-0.2, 0) is 38.0 Å². The van der Waals surface area contributed by atoms with Crippen LogP contribution in [-0.4, -0.2) is 57.4 Å². The van der Waals surface area contributed by atoms with Crippen molar-refractivity contribution in [1.29, 1.82) is 5.26 Å². The zero-order chi connectivity index (χ0) is 25.2. The lowest BCUT2D eigenvalue weighted by Crippen LogP contribution is -2.43. The molecule has 35 heavy (non-hydrogen) atoms. The predicted molar refractivity (Wildman–Crippen MR) is 119 cm³/mol. The number of carbonyl (C=O) groups excluding carboxylic acids is 1. The van der Waals surface area contributed by atoms with E-state index in [0.717, 1.165) is 12.8 Å².